The van der Waals surface area contributed by atoms with Crippen molar-refractivity contribution in [2.24, 2.45) is 5.92 Å². The third kappa shape index (κ3) is 3.17. The number of piperidine rings is 1. The van der Waals surface area contributed by atoms with Gasteiger partial charge in [0.25, 0.3) is 0 Å². The zero-order valence-electron chi connectivity index (χ0n) is 9.34. The van der Waals surface area contributed by atoms with Crippen LogP contribution in [0.5, 0.6) is 0 Å². The fraction of sp³-hybridized carbons (Fsp3) is 0.545. The van der Waals surface area contributed by atoms with Gasteiger partial charge in [-0.15, -0.1) is 0 Å². The van der Waals surface area contributed by atoms with Gasteiger partial charge in [-0.05, 0) is 50.8 Å². The highest BCUT2D eigenvalue weighted by Crippen LogP contribution is 2.36. The van der Waals surface area contributed by atoms with Gasteiger partial charge >= 0.3 is 6.18 Å². The molecule has 1 aliphatic rings. The van der Waals surface area contributed by atoms with E-state index in [1.54, 1.807) is 6.20 Å². The van der Waals surface area contributed by atoms with Gasteiger partial charge in [-0.25, -0.2) is 4.98 Å². The fourth-order valence-corrected chi connectivity index (χ4v) is 3.30. The number of aromatic nitrogens is 1. The van der Waals surface area contributed by atoms with E-state index in [0.717, 1.165) is 8.95 Å². The Hall–Kier alpha value is -0.300. The Kier molecular flexibility index (Phi) is 4.21. The van der Waals surface area contributed by atoms with E-state index in [1.807, 2.05) is 11.0 Å². The normalized spacial score (nSPS) is 18.2. The Morgan fingerprint density at radius 2 is 1.83 bits per heavy atom. The van der Waals surface area contributed by atoms with Gasteiger partial charge in [-0.3, -0.25) is 0 Å². The summed E-state index contributed by atoms with van der Waals surface area (Å²) in [7, 11) is 0. The minimum Gasteiger partial charge on any atom is -0.356 e. The number of rotatable bonds is 1. The summed E-state index contributed by atoms with van der Waals surface area (Å²) in [5.74, 6) is -0.471. The molecule has 18 heavy (non-hydrogen) atoms. The molecule has 0 amide bonds. The average molecular weight is 388 g/mol. The van der Waals surface area contributed by atoms with E-state index in [1.165, 1.54) is 0 Å². The van der Waals surface area contributed by atoms with Crippen LogP contribution >= 0.6 is 31.9 Å². The molecule has 2 nitrogen and oxygen atoms in total. The zero-order valence-corrected chi connectivity index (χ0v) is 12.5. The van der Waals surface area contributed by atoms with Gasteiger partial charge in [0.2, 0.25) is 0 Å². The van der Waals surface area contributed by atoms with Gasteiger partial charge in [0.05, 0.1) is 10.4 Å². The van der Waals surface area contributed by atoms with E-state index in [-0.39, 0.29) is 12.8 Å². The van der Waals surface area contributed by atoms with E-state index in [9.17, 15) is 13.2 Å². The van der Waals surface area contributed by atoms with Gasteiger partial charge < -0.3 is 4.90 Å². The van der Waals surface area contributed by atoms with E-state index in [0.29, 0.717) is 18.9 Å². The summed E-state index contributed by atoms with van der Waals surface area (Å²) >= 11 is 6.68. The first-order valence-electron chi connectivity index (χ1n) is 5.50. The monoisotopic (exact) mass is 386 g/mol. The fourth-order valence-electron chi connectivity index (χ4n) is 2.06. The maximum atomic E-state index is 12.6. The molecule has 0 unspecified atom stereocenters. The summed E-state index contributed by atoms with van der Waals surface area (Å²) in [6.07, 6.45) is -2.16. The van der Waals surface area contributed by atoms with Crippen LogP contribution in [0.25, 0.3) is 0 Å². The largest absolute Gasteiger partial charge is 0.391 e. The summed E-state index contributed by atoms with van der Waals surface area (Å²) in [6, 6.07) is 1.85. The number of halogens is 5. The van der Waals surface area contributed by atoms with Crippen molar-refractivity contribution in [3.63, 3.8) is 0 Å². The first kappa shape index (κ1) is 14.1. The van der Waals surface area contributed by atoms with Gasteiger partial charge in [0.15, 0.2) is 0 Å². The van der Waals surface area contributed by atoms with Crippen LogP contribution in [-0.2, 0) is 0 Å². The second kappa shape index (κ2) is 5.36. The van der Waals surface area contributed by atoms with Crippen LogP contribution in [0.3, 0.4) is 0 Å². The summed E-state index contributed by atoms with van der Waals surface area (Å²) in [4.78, 5) is 6.13. The van der Waals surface area contributed by atoms with Crippen molar-refractivity contribution in [2.75, 3.05) is 18.0 Å². The Morgan fingerprint density at radius 1 is 1.22 bits per heavy atom. The first-order valence-corrected chi connectivity index (χ1v) is 7.09. The predicted octanol–water partition coefficient (Wildman–Crippen LogP) is 4.39. The molecule has 0 bridgehead atoms. The number of hydrogen-bond donors (Lipinski definition) is 0. The van der Waals surface area contributed by atoms with E-state index in [2.05, 4.69) is 36.8 Å². The number of nitrogens with zero attached hydrogens (tertiary/aromatic N) is 2. The highest BCUT2D eigenvalue weighted by Gasteiger charge is 2.41. The van der Waals surface area contributed by atoms with Crippen molar-refractivity contribution < 1.29 is 13.2 Å². The van der Waals surface area contributed by atoms with Crippen molar-refractivity contribution in [3.05, 3.63) is 21.2 Å². The van der Waals surface area contributed by atoms with Crippen LogP contribution in [0, 0.1) is 5.92 Å². The molecule has 0 aliphatic carbocycles. The highest BCUT2D eigenvalue weighted by molar-refractivity contribution is 9.11. The topological polar surface area (TPSA) is 16.1 Å². The van der Waals surface area contributed by atoms with Crippen LogP contribution in [0.15, 0.2) is 21.2 Å². The van der Waals surface area contributed by atoms with Crippen molar-refractivity contribution in [1.82, 2.24) is 4.98 Å². The van der Waals surface area contributed by atoms with E-state index < -0.39 is 12.1 Å². The number of anilines is 1. The molecule has 2 rings (SSSR count). The molecule has 1 aliphatic heterocycles. The summed E-state index contributed by atoms with van der Waals surface area (Å²) in [5.41, 5.74) is 0. The molecule has 100 valence electrons. The van der Waals surface area contributed by atoms with Crippen molar-refractivity contribution in [3.8, 4) is 0 Å². The van der Waals surface area contributed by atoms with Crippen LogP contribution in [0.2, 0.25) is 0 Å². The standard InChI is InChI=1S/C11H11Br2F3N2/c12-8-5-9(13)10(17-6-8)18-3-1-7(2-4-18)11(14,15)16/h5-7H,1-4H2. The Labute approximate surface area is 120 Å². The molecule has 0 radical (unpaired) electrons. The maximum absolute atomic E-state index is 12.6. The van der Waals surface area contributed by atoms with Gasteiger partial charge in [0, 0.05) is 23.8 Å². The minimum absolute atomic E-state index is 0.133. The molecule has 2 heterocycles. The molecule has 1 aromatic rings. The Balaban J connectivity index is 2.06. The summed E-state index contributed by atoms with van der Waals surface area (Å²) in [6.45, 7) is 0.773. The van der Waals surface area contributed by atoms with Gasteiger partial charge in [-0.1, -0.05) is 0 Å². The predicted molar refractivity (Wildman–Crippen MR) is 70.6 cm³/mol. The maximum Gasteiger partial charge on any atom is 0.391 e. The van der Waals surface area contributed by atoms with Crippen LogP contribution in [0.4, 0.5) is 19.0 Å². The van der Waals surface area contributed by atoms with Crippen molar-refractivity contribution in [2.45, 2.75) is 19.0 Å². The lowest BCUT2D eigenvalue weighted by molar-refractivity contribution is -0.179. The third-order valence-electron chi connectivity index (χ3n) is 3.05. The lowest BCUT2D eigenvalue weighted by Gasteiger charge is -2.34. The van der Waals surface area contributed by atoms with Crippen LogP contribution in [-0.4, -0.2) is 24.2 Å². The molecule has 1 fully saturated rings. The Bertz CT molecular complexity index is 429. The van der Waals surface area contributed by atoms with Crippen molar-refractivity contribution >= 4 is 37.7 Å². The zero-order chi connectivity index (χ0) is 13.3. The number of pyridine rings is 1. The SMILES string of the molecule is FC(F)(F)C1CCN(c2ncc(Br)cc2Br)CC1. The molecular formula is C11H11Br2F3N2. The first-order chi connectivity index (χ1) is 8.38. The van der Waals surface area contributed by atoms with E-state index in [4.69, 9.17) is 0 Å². The van der Waals surface area contributed by atoms with Crippen molar-refractivity contribution in [1.29, 1.82) is 0 Å². The second-order valence-electron chi connectivity index (χ2n) is 4.26. The molecule has 0 aromatic carbocycles. The van der Waals surface area contributed by atoms with E-state index >= 15 is 0 Å². The van der Waals surface area contributed by atoms with Crippen LogP contribution in [0.1, 0.15) is 12.8 Å². The summed E-state index contributed by atoms with van der Waals surface area (Å²) in [5, 5.41) is 0. The lowest BCUT2D eigenvalue weighted by Crippen LogP contribution is -2.39. The molecule has 0 saturated carbocycles. The molecule has 0 spiro atoms. The third-order valence-corrected chi connectivity index (χ3v) is 4.06. The average Bonchev–Trinajstić information content (AvgIpc) is 2.28. The molecule has 0 atom stereocenters. The quantitative estimate of drug-likeness (QED) is 0.710. The minimum atomic E-state index is -4.07. The molecule has 7 heteroatoms. The number of hydrogen-bond acceptors (Lipinski definition) is 2. The smallest absolute Gasteiger partial charge is 0.356 e. The molecular weight excluding hydrogens is 377 g/mol. The lowest BCUT2D eigenvalue weighted by atomic mass is 9.96. The molecule has 1 aromatic heterocycles. The molecule has 0 N–H and O–H groups in total. The number of alkyl halides is 3. The van der Waals surface area contributed by atoms with Crippen LogP contribution < -0.4 is 4.90 Å². The Morgan fingerprint density at radius 3 is 2.33 bits per heavy atom. The highest BCUT2D eigenvalue weighted by atomic mass is 79.9. The molecule has 1 saturated heterocycles. The second-order valence-corrected chi connectivity index (χ2v) is 6.03. The van der Waals surface area contributed by atoms with Gasteiger partial charge in [0.1, 0.15) is 5.82 Å². The summed E-state index contributed by atoms with van der Waals surface area (Å²) < 4.78 is 39.3. The van der Waals surface area contributed by atoms with Gasteiger partial charge in [-0.2, -0.15) is 13.2 Å².